The Morgan fingerprint density at radius 1 is 1.38 bits per heavy atom. The number of ether oxygens (including phenoxy) is 1. The molecule has 0 aliphatic carbocycles. The van der Waals surface area contributed by atoms with Crippen LogP contribution in [0.4, 0.5) is 5.13 Å². The SMILES string of the molecule is CNc1nc(CNS(=O)(=O)c2cc(C)ccc2OC)cs1. The van der Waals surface area contributed by atoms with Gasteiger partial charge in [-0.15, -0.1) is 11.3 Å². The van der Waals surface area contributed by atoms with Gasteiger partial charge in [-0.2, -0.15) is 0 Å². The highest BCUT2D eigenvalue weighted by atomic mass is 32.2. The first-order chi connectivity index (χ1) is 9.96. The molecule has 0 saturated heterocycles. The summed E-state index contributed by atoms with van der Waals surface area (Å²) in [7, 11) is -0.436. The van der Waals surface area contributed by atoms with Crippen LogP contribution in [-0.2, 0) is 16.6 Å². The van der Waals surface area contributed by atoms with Crippen molar-refractivity contribution in [3.63, 3.8) is 0 Å². The number of benzene rings is 1. The molecule has 1 aromatic heterocycles. The first kappa shape index (κ1) is 15.7. The zero-order valence-corrected chi connectivity index (χ0v) is 13.6. The van der Waals surface area contributed by atoms with Gasteiger partial charge in [0.25, 0.3) is 0 Å². The third-order valence-corrected chi connectivity index (χ3v) is 5.15. The van der Waals surface area contributed by atoms with Crippen LogP contribution in [0.25, 0.3) is 0 Å². The molecule has 0 amide bonds. The van der Waals surface area contributed by atoms with Crippen molar-refractivity contribution in [3.8, 4) is 5.75 Å². The predicted molar refractivity (Wildman–Crippen MR) is 83.4 cm³/mol. The van der Waals surface area contributed by atoms with Crippen molar-refractivity contribution < 1.29 is 13.2 Å². The van der Waals surface area contributed by atoms with Gasteiger partial charge in [0.2, 0.25) is 10.0 Å². The zero-order valence-electron chi connectivity index (χ0n) is 12.0. The van der Waals surface area contributed by atoms with Crippen LogP contribution in [0.15, 0.2) is 28.5 Å². The number of thiazole rings is 1. The van der Waals surface area contributed by atoms with Crippen LogP contribution in [0.3, 0.4) is 0 Å². The molecule has 1 heterocycles. The van der Waals surface area contributed by atoms with E-state index in [9.17, 15) is 8.42 Å². The number of sulfonamides is 1. The molecule has 2 aromatic rings. The number of hydrogen-bond acceptors (Lipinski definition) is 6. The molecule has 6 nitrogen and oxygen atoms in total. The fourth-order valence-electron chi connectivity index (χ4n) is 1.74. The summed E-state index contributed by atoms with van der Waals surface area (Å²) in [6.45, 7) is 1.97. The summed E-state index contributed by atoms with van der Waals surface area (Å²) in [4.78, 5) is 4.37. The number of aromatic nitrogens is 1. The van der Waals surface area contributed by atoms with Crippen LogP contribution in [0.1, 0.15) is 11.3 Å². The zero-order chi connectivity index (χ0) is 15.5. The van der Waals surface area contributed by atoms with E-state index in [1.807, 2.05) is 12.3 Å². The Labute approximate surface area is 128 Å². The van der Waals surface area contributed by atoms with Gasteiger partial charge in [-0.3, -0.25) is 0 Å². The summed E-state index contributed by atoms with van der Waals surface area (Å²) in [5.74, 6) is 0.322. The van der Waals surface area contributed by atoms with Gasteiger partial charge >= 0.3 is 0 Å². The fraction of sp³-hybridized carbons (Fsp3) is 0.308. The van der Waals surface area contributed by atoms with Crippen LogP contribution in [0.2, 0.25) is 0 Å². The standard InChI is InChI=1S/C13H17N3O3S2/c1-9-4-5-11(19-3)12(6-9)21(17,18)15-7-10-8-20-13(14-2)16-10/h4-6,8,15H,7H2,1-3H3,(H,14,16). The molecule has 0 unspecified atom stereocenters. The molecule has 0 spiro atoms. The number of methoxy groups -OCH3 is 1. The number of rotatable bonds is 6. The summed E-state index contributed by atoms with van der Waals surface area (Å²) in [6, 6.07) is 5.03. The Bertz CT molecular complexity index is 726. The minimum atomic E-state index is -3.65. The van der Waals surface area contributed by atoms with Gasteiger partial charge in [-0.05, 0) is 24.6 Å². The Morgan fingerprint density at radius 2 is 2.14 bits per heavy atom. The molecule has 0 aliphatic rings. The molecule has 8 heteroatoms. The molecule has 114 valence electrons. The maximum atomic E-state index is 12.4. The van der Waals surface area contributed by atoms with Gasteiger partial charge in [-0.1, -0.05) is 6.07 Å². The van der Waals surface area contributed by atoms with E-state index in [2.05, 4.69) is 15.0 Å². The van der Waals surface area contributed by atoms with Crippen LogP contribution in [-0.4, -0.2) is 27.6 Å². The minimum absolute atomic E-state index is 0.133. The van der Waals surface area contributed by atoms with Gasteiger partial charge in [0.05, 0.1) is 19.3 Å². The number of hydrogen-bond donors (Lipinski definition) is 2. The molecule has 0 bridgehead atoms. The average Bonchev–Trinajstić information content (AvgIpc) is 2.93. The summed E-state index contributed by atoms with van der Waals surface area (Å²) in [5, 5.41) is 5.47. The highest BCUT2D eigenvalue weighted by molar-refractivity contribution is 7.89. The molecule has 0 aliphatic heterocycles. The molecular formula is C13H17N3O3S2. The van der Waals surface area contributed by atoms with Crippen LogP contribution in [0.5, 0.6) is 5.75 Å². The summed E-state index contributed by atoms with van der Waals surface area (Å²) < 4.78 is 32.4. The van der Waals surface area contributed by atoms with Crippen molar-refractivity contribution in [2.45, 2.75) is 18.4 Å². The quantitative estimate of drug-likeness (QED) is 0.848. The topological polar surface area (TPSA) is 80.3 Å². The molecule has 21 heavy (non-hydrogen) atoms. The molecule has 1 aromatic carbocycles. The third kappa shape index (κ3) is 3.72. The lowest BCUT2D eigenvalue weighted by atomic mass is 10.2. The Kier molecular flexibility index (Phi) is 4.81. The summed E-state index contributed by atoms with van der Waals surface area (Å²) in [5.41, 5.74) is 1.52. The van der Waals surface area contributed by atoms with E-state index in [1.54, 1.807) is 25.2 Å². The molecule has 0 saturated carbocycles. The van der Waals surface area contributed by atoms with Crippen molar-refractivity contribution in [1.82, 2.24) is 9.71 Å². The maximum Gasteiger partial charge on any atom is 0.244 e. The van der Waals surface area contributed by atoms with Gasteiger partial charge in [0, 0.05) is 12.4 Å². The molecule has 0 atom stereocenters. The van der Waals surface area contributed by atoms with Crippen molar-refractivity contribution in [3.05, 3.63) is 34.8 Å². The lowest BCUT2D eigenvalue weighted by Crippen LogP contribution is -2.24. The number of nitrogens with zero attached hydrogens (tertiary/aromatic N) is 1. The van der Waals surface area contributed by atoms with Crippen LogP contribution >= 0.6 is 11.3 Å². The van der Waals surface area contributed by atoms with Crippen LogP contribution < -0.4 is 14.8 Å². The average molecular weight is 327 g/mol. The normalized spacial score (nSPS) is 11.4. The second-order valence-corrected chi connectivity index (χ2v) is 6.97. The van der Waals surface area contributed by atoms with Crippen molar-refractivity contribution in [2.24, 2.45) is 0 Å². The Balaban J connectivity index is 2.20. The third-order valence-electron chi connectivity index (χ3n) is 2.82. The van der Waals surface area contributed by atoms with Gasteiger partial charge in [-0.25, -0.2) is 18.1 Å². The smallest absolute Gasteiger partial charge is 0.244 e. The van der Waals surface area contributed by atoms with Crippen molar-refractivity contribution in [2.75, 3.05) is 19.5 Å². The van der Waals surface area contributed by atoms with E-state index in [4.69, 9.17) is 4.74 Å². The molecular weight excluding hydrogens is 310 g/mol. The van der Waals surface area contributed by atoms with Gasteiger partial charge < -0.3 is 10.1 Å². The highest BCUT2D eigenvalue weighted by Crippen LogP contribution is 2.24. The highest BCUT2D eigenvalue weighted by Gasteiger charge is 2.19. The maximum absolute atomic E-state index is 12.4. The molecule has 0 radical (unpaired) electrons. The van der Waals surface area contributed by atoms with E-state index in [0.29, 0.717) is 11.4 Å². The molecule has 2 rings (SSSR count). The first-order valence-corrected chi connectivity index (χ1v) is 8.59. The van der Waals surface area contributed by atoms with Crippen molar-refractivity contribution in [1.29, 1.82) is 0 Å². The molecule has 2 N–H and O–H groups in total. The monoisotopic (exact) mass is 327 g/mol. The van der Waals surface area contributed by atoms with Crippen LogP contribution in [0, 0.1) is 6.92 Å². The number of nitrogens with one attached hydrogen (secondary N) is 2. The van der Waals surface area contributed by atoms with Gasteiger partial charge in [0.1, 0.15) is 10.6 Å². The second-order valence-electron chi connectivity index (χ2n) is 4.37. The fourth-order valence-corrected chi connectivity index (χ4v) is 3.67. The minimum Gasteiger partial charge on any atom is -0.495 e. The van der Waals surface area contributed by atoms with E-state index < -0.39 is 10.0 Å². The van der Waals surface area contributed by atoms with E-state index >= 15 is 0 Å². The van der Waals surface area contributed by atoms with E-state index in [0.717, 1.165) is 10.7 Å². The van der Waals surface area contributed by atoms with E-state index in [-0.39, 0.29) is 11.4 Å². The Hall–Kier alpha value is -1.64. The largest absolute Gasteiger partial charge is 0.495 e. The van der Waals surface area contributed by atoms with E-state index in [1.165, 1.54) is 18.4 Å². The first-order valence-electron chi connectivity index (χ1n) is 6.22. The lowest BCUT2D eigenvalue weighted by molar-refractivity contribution is 0.402. The molecule has 0 fully saturated rings. The Morgan fingerprint density at radius 3 is 2.76 bits per heavy atom. The summed E-state index contributed by atoms with van der Waals surface area (Å²) in [6.07, 6.45) is 0. The number of anilines is 1. The van der Waals surface area contributed by atoms with Gasteiger partial charge in [0.15, 0.2) is 5.13 Å². The second kappa shape index (κ2) is 6.42. The predicted octanol–water partition coefficient (Wildman–Crippen LogP) is 1.98. The number of aryl methyl sites for hydroxylation is 1. The lowest BCUT2D eigenvalue weighted by Gasteiger charge is -2.10. The summed E-state index contributed by atoms with van der Waals surface area (Å²) >= 11 is 1.42. The van der Waals surface area contributed by atoms with Crippen molar-refractivity contribution >= 4 is 26.5 Å².